The molecule has 3 heterocycles. The molecule has 148 valence electrons. The van der Waals surface area contributed by atoms with E-state index >= 15 is 0 Å². The predicted molar refractivity (Wildman–Crippen MR) is 106 cm³/mol. The number of hydrogen-bond donors (Lipinski definition) is 1. The van der Waals surface area contributed by atoms with Crippen molar-refractivity contribution in [2.24, 2.45) is 0 Å². The molecule has 1 fully saturated rings. The van der Waals surface area contributed by atoms with Crippen LogP contribution in [0.4, 0.5) is 0 Å². The number of carbonyl (C=O) groups excluding carboxylic acids is 3. The molecule has 0 unspecified atom stereocenters. The summed E-state index contributed by atoms with van der Waals surface area (Å²) in [6.45, 7) is 1.39. The smallest absolute Gasteiger partial charge is 0.295 e. The molecule has 1 N–H and O–H groups in total. The average molecular weight is 392 g/mol. The molecule has 0 radical (unpaired) electrons. The van der Waals surface area contributed by atoms with Crippen molar-refractivity contribution >= 4 is 28.5 Å². The van der Waals surface area contributed by atoms with Crippen molar-refractivity contribution in [1.82, 2.24) is 19.8 Å². The number of piperazine rings is 1. The van der Waals surface area contributed by atoms with Crippen molar-refractivity contribution in [3.63, 3.8) is 0 Å². The molecular formula is C21H20N4O4. The molecule has 1 aliphatic rings. The standard InChI is InChI=1S/C21H20N4O4/c1-29-17-13-22-12-16-18(17)15(11-23-16)19(26)21(28)25-9-7-24(8-10-25)20(27)14-5-3-2-4-6-14/h2-6,11-13,23H,7-10H2,1H3. The number of ketones is 1. The number of benzene rings is 1. The summed E-state index contributed by atoms with van der Waals surface area (Å²) in [6, 6.07) is 9.02. The highest BCUT2D eigenvalue weighted by Crippen LogP contribution is 2.28. The third-order valence-electron chi connectivity index (χ3n) is 5.09. The second-order valence-electron chi connectivity index (χ2n) is 6.75. The molecular weight excluding hydrogens is 372 g/mol. The average Bonchev–Trinajstić information content (AvgIpc) is 3.22. The van der Waals surface area contributed by atoms with E-state index in [1.54, 1.807) is 23.2 Å². The Morgan fingerprint density at radius 2 is 1.69 bits per heavy atom. The van der Waals surface area contributed by atoms with Crippen LogP contribution in [0.15, 0.2) is 48.9 Å². The minimum atomic E-state index is -0.608. The molecule has 1 aromatic carbocycles. The molecule has 2 aromatic heterocycles. The normalized spacial score (nSPS) is 14.1. The van der Waals surface area contributed by atoms with Gasteiger partial charge in [-0.3, -0.25) is 19.4 Å². The Balaban J connectivity index is 1.46. The SMILES string of the molecule is COc1cncc2[nH]cc(C(=O)C(=O)N3CCN(C(=O)c4ccccc4)CC3)c12. The van der Waals surface area contributed by atoms with Gasteiger partial charge in [0.1, 0.15) is 5.75 Å². The number of amides is 2. The van der Waals surface area contributed by atoms with Crippen LogP contribution in [0.25, 0.3) is 10.9 Å². The van der Waals surface area contributed by atoms with Crippen molar-refractivity contribution < 1.29 is 19.1 Å². The quantitative estimate of drug-likeness (QED) is 0.539. The highest BCUT2D eigenvalue weighted by molar-refractivity contribution is 6.45. The third kappa shape index (κ3) is 3.44. The molecule has 2 amide bonds. The van der Waals surface area contributed by atoms with Gasteiger partial charge in [0.25, 0.3) is 17.6 Å². The zero-order chi connectivity index (χ0) is 20.4. The van der Waals surface area contributed by atoms with Crippen LogP contribution in [-0.2, 0) is 4.79 Å². The van der Waals surface area contributed by atoms with Crippen molar-refractivity contribution in [3.05, 3.63) is 60.0 Å². The highest BCUT2D eigenvalue weighted by Gasteiger charge is 2.30. The van der Waals surface area contributed by atoms with Crippen molar-refractivity contribution in [2.45, 2.75) is 0 Å². The Morgan fingerprint density at radius 3 is 2.38 bits per heavy atom. The second-order valence-corrected chi connectivity index (χ2v) is 6.75. The van der Waals surface area contributed by atoms with Crippen molar-refractivity contribution in [3.8, 4) is 5.75 Å². The van der Waals surface area contributed by atoms with E-state index in [4.69, 9.17) is 4.74 Å². The number of fused-ring (bicyclic) bond motifs is 1. The maximum atomic E-state index is 12.9. The fourth-order valence-corrected chi connectivity index (χ4v) is 3.52. The molecule has 4 rings (SSSR count). The number of nitrogens with zero attached hydrogens (tertiary/aromatic N) is 3. The first-order valence-electron chi connectivity index (χ1n) is 9.27. The molecule has 1 saturated heterocycles. The first-order valence-corrected chi connectivity index (χ1v) is 9.27. The van der Waals surface area contributed by atoms with Crippen LogP contribution < -0.4 is 4.74 Å². The Kier molecular flexibility index (Phi) is 4.99. The molecule has 0 bridgehead atoms. The lowest BCUT2D eigenvalue weighted by Crippen LogP contribution is -2.52. The van der Waals surface area contributed by atoms with Crippen LogP contribution in [0, 0.1) is 0 Å². The number of hydrogen-bond acceptors (Lipinski definition) is 5. The molecule has 0 spiro atoms. The molecule has 29 heavy (non-hydrogen) atoms. The van der Waals surface area contributed by atoms with E-state index < -0.39 is 11.7 Å². The van der Waals surface area contributed by atoms with Gasteiger partial charge in [-0.1, -0.05) is 18.2 Å². The first kappa shape index (κ1) is 18.7. The Bertz CT molecular complexity index is 1070. The number of rotatable bonds is 4. The number of aromatic amines is 1. The number of methoxy groups -OCH3 is 1. The number of Topliss-reactive ketones (excluding diaryl/α,β-unsaturated/α-hetero) is 1. The zero-order valence-electron chi connectivity index (χ0n) is 15.9. The highest BCUT2D eigenvalue weighted by atomic mass is 16.5. The van der Waals surface area contributed by atoms with E-state index in [0.29, 0.717) is 48.4 Å². The van der Waals surface area contributed by atoms with Gasteiger partial charge in [0.2, 0.25) is 0 Å². The maximum Gasteiger partial charge on any atom is 0.295 e. The summed E-state index contributed by atoms with van der Waals surface area (Å²) >= 11 is 0. The lowest BCUT2D eigenvalue weighted by atomic mass is 10.1. The van der Waals surface area contributed by atoms with Crippen LogP contribution in [0.5, 0.6) is 5.75 Å². The Labute approximate surface area is 167 Å². The van der Waals surface area contributed by atoms with E-state index in [2.05, 4.69) is 9.97 Å². The van der Waals surface area contributed by atoms with Gasteiger partial charge in [0, 0.05) is 37.9 Å². The molecule has 8 nitrogen and oxygen atoms in total. The number of aromatic nitrogens is 2. The van der Waals surface area contributed by atoms with E-state index in [9.17, 15) is 14.4 Å². The van der Waals surface area contributed by atoms with Gasteiger partial charge in [0.05, 0.1) is 36.0 Å². The van der Waals surface area contributed by atoms with E-state index in [-0.39, 0.29) is 11.5 Å². The second kappa shape index (κ2) is 7.75. The summed E-state index contributed by atoms with van der Waals surface area (Å²) in [4.78, 5) is 48.4. The number of pyridine rings is 1. The van der Waals surface area contributed by atoms with Gasteiger partial charge in [-0.25, -0.2) is 0 Å². The molecule has 1 aliphatic heterocycles. The molecule has 0 saturated carbocycles. The summed E-state index contributed by atoms with van der Waals surface area (Å²) in [5.74, 6) is -0.837. The van der Waals surface area contributed by atoms with E-state index in [0.717, 1.165) is 0 Å². The molecule has 8 heteroatoms. The van der Waals surface area contributed by atoms with Gasteiger partial charge in [-0.15, -0.1) is 0 Å². The number of H-pyrrole nitrogens is 1. The van der Waals surface area contributed by atoms with Crippen molar-refractivity contribution in [1.29, 1.82) is 0 Å². The number of nitrogens with one attached hydrogen (secondary N) is 1. The molecule has 3 aromatic rings. The minimum Gasteiger partial charge on any atom is -0.494 e. The predicted octanol–water partition coefficient (Wildman–Crippen LogP) is 1.74. The lowest BCUT2D eigenvalue weighted by molar-refractivity contribution is -0.127. The van der Waals surface area contributed by atoms with E-state index in [1.165, 1.54) is 24.4 Å². The van der Waals surface area contributed by atoms with Gasteiger partial charge >= 0.3 is 0 Å². The fourth-order valence-electron chi connectivity index (χ4n) is 3.52. The summed E-state index contributed by atoms with van der Waals surface area (Å²) in [7, 11) is 1.49. The Morgan fingerprint density at radius 1 is 1.00 bits per heavy atom. The maximum absolute atomic E-state index is 12.9. The molecule has 0 aliphatic carbocycles. The number of carbonyl (C=O) groups is 3. The number of ether oxygens (including phenoxy) is 1. The van der Waals surface area contributed by atoms with Gasteiger partial charge in [-0.05, 0) is 12.1 Å². The van der Waals surface area contributed by atoms with Crippen LogP contribution in [0.3, 0.4) is 0 Å². The first-order chi connectivity index (χ1) is 14.1. The van der Waals surface area contributed by atoms with Crippen LogP contribution in [-0.4, -0.2) is 70.7 Å². The Hall–Kier alpha value is -3.68. The fraction of sp³-hybridized carbons (Fsp3) is 0.238. The van der Waals surface area contributed by atoms with Crippen LogP contribution >= 0.6 is 0 Å². The van der Waals surface area contributed by atoms with Gasteiger partial charge in [-0.2, -0.15) is 0 Å². The summed E-state index contributed by atoms with van der Waals surface area (Å²) in [5, 5.41) is 0.541. The van der Waals surface area contributed by atoms with Gasteiger partial charge in [0.15, 0.2) is 0 Å². The van der Waals surface area contributed by atoms with Crippen LogP contribution in [0.1, 0.15) is 20.7 Å². The van der Waals surface area contributed by atoms with Crippen LogP contribution in [0.2, 0.25) is 0 Å². The summed E-state index contributed by atoms with van der Waals surface area (Å²) in [6.07, 6.45) is 4.59. The monoisotopic (exact) mass is 392 g/mol. The zero-order valence-corrected chi connectivity index (χ0v) is 15.9. The molecule has 0 atom stereocenters. The van der Waals surface area contributed by atoms with Gasteiger partial charge < -0.3 is 19.5 Å². The lowest BCUT2D eigenvalue weighted by Gasteiger charge is -2.34. The van der Waals surface area contributed by atoms with Crippen molar-refractivity contribution in [2.75, 3.05) is 33.3 Å². The topological polar surface area (TPSA) is 95.6 Å². The van der Waals surface area contributed by atoms with E-state index in [1.807, 2.05) is 18.2 Å². The minimum absolute atomic E-state index is 0.0714. The summed E-state index contributed by atoms with van der Waals surface area (Å²) < 4.78 is 5.28. The third-order valence-corrected chi connectivity index (χ3v) is 5.09. The largest absolute Gasteiger partial charge is 0.494 e. The summed E-state index contributed by atoms with van der Waals surface area (Å²) in [5.41, 5.74) is 1.49.